The molecule has 6 heteroatoms. The summed E-state index contributed by atoms with van der Waals surface area (Å²) in [4.78, 5) is 11.7. The number of H-pyrrole nitrogens is 1. The molecular formula is C11H20N4OS. The molecular weight excluding hydrogens is 236 g/mol. The van der Waals surface area contributed by atoms with E-state index < -0.39 is 0 Å². The lowest BCUT2D eigenvalue weighted by Crippen LogP contribution is -2.35. The van der Waals surface area contributed by atoms with Crippen LogP contribution in [0, 0.1) is 13.8 Å². The van der Waals surface area contributed by atoms with Gasteiger partial charge in [0.2, 0.25) is 5.91 Å². The van der Waals surface area contributed by atoms with Gasteiger partial charge in [-0.05, 0) is 27.7 Å². The Hall–Kier alpha value is -1.01. The molecule has 5 nitrogen and oxygen atoms in total. The third kappa shape index (κ3) is 4.79. The van der Waals surface area contributed by atoms with Crippen LogP contribution in [-0.2, 0) is 4.79 Å². The third-order valence-corrected chi connectivity index (χ3v) is 3.51. The predicted molar refractivity (Wildman–Crippen MR) is 72.3 cm³/mol. The smallest absolute Gasteiger partial charge is 0.234 e. The largest absolute Gasteiger partial charge is 0.325 e. The van der Waals surface area contributed by atoms with Gasteiger partial charge in [-0.3, -0.25) is 9.89 Å². The van der Waals surface area contributed by atoms with Crippen molar-refractivity contribution in [3.63, 3.8) is 0 Å². The normalized spacial score (nSPS) is 11.6. The van der Waals surface area contributed by atoms with Gasteiger partial charge in [0.25, 0.3) is 0 Å². The van der Waals surface area contributed by atoms with Crippen molar-refractivity contribution in [2.75, 3.05) is 16.8 Å². The summed E-state index contributed by atoms with van der Waals surface area (Å²) in [5, 5.41) is 9.70. The van der Waals surface area contributed by atoms with Crippen LogP contribution < -0.4 is 11.1 Å². The second-order valence-corrected chi connectivity index (χ2v) is 5.82. The predicted octanol–water partition coefficient (Wildman–Crippen LogP) is 1.44. The van der Waals surface area contributed by atoms with Gasteiger partial charge in [0, 0.05) is 11.3 Å². The van der Waals surface area contributed by atoms with Crippen LogP contribution in [0.3, 0.4) is 0 Å². The molecule has 1 heterocycles. The topological polar surface area (TPSA) is 83.8 Å². The molecule has 0 spiro atoms. The van der Waals surface area contributed by atoms with Gasteiger partial charge >= 0.3 is 0 Å². The average Bonchev–Trinajstić information content (AvgIpc) is 2.47. The summed E-state index contributed by atoms with van der Waals surface area (Å²) in [6, 6.07) is 0. The minimum Gasteiger partial charge on any atom is -0.325 e. The summed E-state index contributed by atoms with van der Waals surface area (Å²) in [7, 11) is 0. The Balaban J connectivity index is 2.41. The SMILES string of the molecule is Cc1n[nH]c(C)c1NC(=O)CSCC(C)(C)N. The molecule has 0 aliphatic heterocycles. The minimum absolute atomic E-state index is 0.0214. The first-order valence-electron chi connectivity index (χ1n) is 5.47. The van der Waals surface area contributed by atoms with Gasteiger partial charge < -0.3 is 11.1 Å². The number of hydrogen-bond donors (Lipinski definition) is 3. The van der Waals surface area contributed by atoms with E-state index in [1.54, 1.807) is 0 Å². The first-order valence-corrected chi connectivity index (χ1v) is 6.63. The molecule has 17 heavy (non-hydrogen) atoms. The number of nitrogens with one attached hydrogen (secondary N) is 2. The maximum atomic E-state index is 11.7. The number of hydrogen-bond acceptors (Lipinski definition) is 4. The lowest BCUT2D eigenvalue weighted by atomic mass is 10.1. The highest BCUT2D eigenvalue weighted by molar-refractivity contribution is 8.00. The van der Waals surface area contributed by atoms with E-state index in [1.807, 2.05) is 27.7 Å². The summed E-state index contributed by atoms with van der Waals surface area (Å²) >= 11 is 1.53. The van der Waals surface area contributed by atoms with Gasteiger partial charge in [0.15, 0.2) is 0 Å². The van der Waals surface area contributed by atoms with Crippen molar-refractivity contribution in [3.8, 4) is 0 Å². The van der Waals surface area contributed by atoms with Crippen LogP contribution in [0.25, 0.3) is 0 Å². The molecule has 96 valence electrons. The number of anilines is 1. The molecule has 1 rings (SSSR count). The van der Waals surface area contributed by atoms with Crippen LogP contribution in [0.2, 0.25) is 0 Å². The molecule has 0 atom stereocenters. The van der Waals surface area contributed by atoms with Crippen LogP contribution in [-0.4, -0.2) is 33.1 Å². The highest BCUT2D eigenvalue weighted by Gasteiger charge is 2.13. The van der Waals surface area contributed by atoms with Crippen LogP contribution in [0.1, 0.15) is 25.2 Å². The van der Waals surface area contributed by atoms with E-state index in [1.165, 1.54) is 11.8 Å². The van der Waals surface area contributed by atoms with E-state index in [0.29, 0.717) is 5.75 Å². The number of carbonyl (C=O) groups is 1. The molecule has 0 saturated heterocycles. The minimum atomic E-state index is -0.244. The number of nitrogens with two attached hydrogens (primary N) is 1. The van der Waals surface area contributed by atoms with Crippen molar-refractivity contribution in [1.29, 1.82) is 0 Å². The number of thioether (sulfide) groups is 1. The Morgan fingerprint density at radius 3 is 2.65 bits per heavy atom. The highest BCUT2D eigenvalue weighted by Crippen LogP contribution is 2.17. The Morgan fingerprint density at radius 1 is 1.53 bits per heavy atom. The molecule has 1 aromatic rings. The molecule has 1 aromatic heterocycles. The summed E-state index contributed by atoms with van der Waals surface area (Å²) in [6.07, 6.45) is 0. The number of aromatic nitrogens is 2. The number of amides is 1. The quantitative estimate of drug-likeness (QED) is 0.744. The van der Waals surface area contributed by atoms with E-state index in [-0.39, 0.29) is 11.4 Å². The molecule has 1 amide bonds. The van der Waals surface area contributed by atoms with Crippen LogP contribution in [0.5, 0.6) is 0 Å². The van der Waals surface area contributed by atoms with E-state index >= 15 is 0 Å². The van der Waals surface area contributed by atoms with Crippen molar-refractivity contribution in [2.24, 2.45) is 5.73 Å². The molecule has 0 fully saturated rings. The zero-order valence-electron chi connectivity index (χ0n) is 10.8. The number of aryl methyl sites for hydroxylation is 2. The molecule has 0 aliphatic carbocycles. The fourth-order valence-corrected chi connectivity index (χ4v) is 2.20. The summed E-state index contributed by atoms with van der Waals surface area (Å²) in [6.45, 7) is 7.63. The highest BCUT2D eigenvalue weighted by atomic mass is 32.2. The summed E-state index contributed by atoms with van der Waals surface area (Å²) < 4.78 is 0. The molecule has 0 unspecified atom stereocenters. The Morgan fingerprint density at radius 2 is 2.18 bits per heavy atom. The van der Waals surface area contributed by atoms with Gasteiger partial charge in [-0.2, -0.15) is 16.9 Å². The molecule has 0 bridgehead atoms. The van der Waals surface area contributed by atoms with Gasteiger partial charge in [-0.1, -0.05) is 0 Å². The monoisotopic (exact) mass is 256 g/mol. The maximum Gasteiger partial charge on any atom is 0.234 e. The first-order chi connectivity index (χ1) is 7.79. The Kier molecular flexibility index (Phi) is 4.59. The molecule has 0 aliphatic rings. The van der Waals surface area contributed by atoms with Crippen molar-refractivity contribution >= 4 is 23.4 Å². The number of aromatic amines is 1. The summed E-state index contributed by atoms with van der Waals surface area (Å²) in [5.41, 5.74) is 8.06. The Labute approximate surface area is 106 Å². The lowest BCUT2D eigenvalue weighted by molar-refractivity contribution is -0.113. The van der Waals surface area contributed by atoms with E-state index in [9.17, 15) is 4.79 Å². The number of nitrogens with zero attached hydrogens (tertiary/aromatic N) is 1. The lowest BCUT2D eigenvalue weighted by Gasteiger charge is -2.17. The molecule has 0 radical (unpaired) electrons. The fraction of sp³-hybridized carbons (Fsp3) is 0.636. The standard InChI is InChI=1S/C11H20N4OS/c1-7-10(8(2)15-14-7)13-9(16)5-17-6-11(3,4)12/h5-6,12H2,1-4H3,(H,13,16)(H,14,15). The fourth-order valence-electron chi connectivity index (χ4n) is 1.32. The first kappa shape index (κ1) is 14.1. The Bertz CT molecular complexity index is 375. The average molecular weight is 256 g/mol. The van der Waals surface area contributed by atoms with Crippen molar-refractivity contribution in [3.05, 3.63) is 11.4 Å². The van der Waals surface area contributed by atoms with Crippen molar-refractivity contribution in [1.82, 2.24) is 10.2 Å². The number of carbonyl (C=O) groups excluding carboxylic acids is 1. The van der Waals surface area contributed by atoms with Gasteiger partial charge in [0.05, 0.1) is 22.8 Å². The van der Waals surface area contributed by atoms with E-state index in [0.717, 1.165) is 22.8 Å². The van der Waals surface area contributed by atoms with Crippen LogP contribution in [0.15, 0.2) is 0 Å². The van der Waals surface area contributed by atoms with Crippen molar-refractivity contribution in [2.45, 2.75) is 33.2 Å². The zero-order chi connectivity index (χ0) is 13.1. The van der Waals surface area contributed by atoms with E-state index in [2.05, 4.69) is 15.5 Å². The zero-order valence-corrected chi connectivity index (χ0v) is 11.6. The third-order valence-electron chi connectivity index (χ3n) is 2.10. The van der Waals surface area contributed by atoms with Gasteiger partial charge in [-0.25, -0.2) is 0 Å². The van der Waals surface area contributed by atoms with Crippen LogP contribution >= 0.6 is 11.8 Å². The number of rotatable bonds is 5. The molecule has 4 N–H and O–H groups in total. The maximum absolute atomic E-state index is 11.7. The van der Waals surface area contributed by atoms with E-state index in [4.69, 9.17) is 5.73 Å². The summed E-state index contributed by atoms with van der Waals surface area (Å²) in [5.74, 6) is 1.14. The van der Waals surface area contributed by atoms with Gasteiger partial charge in [0.1, 0.15) is 0 Å². The second-order valence-electron chi connectivity index (χ2n) is 4.84. The van der Waals surface area contributed by atoms with Crippen molar-refractivity contribution < 1.29 is 4.79 Å². The molecule has 0 aromatic carbocycles. The second kappa shape index (κ2) is 5.55. The molecule has 0 saturated carbocycles. The van der Waals surface area contributed by atoms with Crippen LogP contribution in [0.4, 0.5) is 5.69 Å². The van der Waals surface area contributed by atoms with Gasteiger partial charge in [-0.15, -0.1) is 0 Å².